The normalized spacial score (nSPS) is 11.8. The highest BCUT2D eigenvalue weighted by Crippen LogP contribution is 2.28. The fourth-order valence-electron chi connectivity index (χ4n) is 3.83. The number of pyridine rings is 1. The van der Waals surface area contributed by atoms with E-state index in [1.807, 2.05) is 38.1 Å². The number of aliphatic hydroxyl groups is 1. The van der Waals surface area contributed by atoms with E-state index in [9.17, 15) is 14.7 Å². The van der Waals surface area contributed by atoms with Crippen LogP contribution in [0.5, 0.6) is 0 Å². The van der Waals surface area contributed by atoms with Gasteiger partial charge in [0.25, 0.3) is 0 Å². The van der Waals surface area contributed by atoms with Gasteiger partial charge in [0, 0.05) is 29.5 Å². The Balaban J connectivity index is 1.41. The number of rotatable bonds is 7. The molecule has 4 heterocycles. The van der Waals surface area contributed by atoms with Gasteiger partial charge in [-0.15, -0.1) is 0 Å². The summed E-state index contributed by atoms with van der Waals surface area (Å²) >= 11 is 0. The van der Waals surface area contributed by atoms with E-state index in [0.717, 1.165) is 0 Å². The van der Waals surface area contributed by atoms with Crippen molar-refractivity contribution in [3.8, 4) is 0 Å². The average molecular weight is 486 g/mol. The van der Waals surface area contributed by atoms with Crippen LogP contribution >= 0.6 is 0 Å². The van der Waals surface area contributed by atoms with Crippen molar-refractivity contribution in [3.05, 3.63) is 66.2 Å². The molecule has 0 unspecified atom stereocenters. The Morgan fingerprint density at radius 1 is 1.11 bits per heavy atom. The van der Waals surface area contributed by atoms with Crippen LogP contribution in [-0.2, 0) is 16.9 Å². The van der Waals surface area contributed by atoms with Crippen LogP contribution in [0.1, 0.15) is 29.8 Å². The summed E-state index contributed by atoms with van der Waals surface area (Å²) < 4.78 is 1.70. The summed E-state index contributed by atoms with van der Waals surface area (Å²) in [4.78, 5) is 39.8. The highest BCUT2D eigenvalue weighted by atomic mass is 16.3. The largest absolute Gasteiger partial charge is 0.394 e. The molecule has 0 fully saturated rings. The van der Waals surface area contributed by atoms with Crippen molar-refractivity contribution in [3.63, 3.8) is 0 Å². The van der Waals surface area contributed by atoms with Gasteiger partial charge in [-0.25, -0.2) is 4.98 Å². The van der Waals surface area contributed by atoms with Crippen molar-refractivity contribution < 1.29 is 14.7 Å². The van der Waals surface area contributed by atoms with Gasteiger partial charge in [-0.1, -0.05) is 12.1 Å². The number of carbonyl (C=O) groups is 2. The summed E-state index contributed by atoms with van der Waals surface area (Å²) in [6, 6.07) is 8.86. The standard InChI is InChI=1S/C24H23N9O3/c1-24(2,13-34)32-11-17(16-10-27-23(25)29-22(16)32)21(36)14-7-15(9-26-8-14)28-20(35)12-33-30-18-5-3-4-6-19(18)31-33/h3-11,34H,12-13H2,1-2H3,(H,28,35)(H2,25,27,29). The summed E-state index contributed by atoms with van der Waals surface area (Å²) in [5.74, 6) is -0.656. The van der Waals surface area contributed by atoms with Gasteiger partial charge in [0.1, 0.15) is 23.2 Å². The average Bonchev–Trinajstić information content (AvgIpc) is 3.44. The molecule has 1 aromatic carbocycles. The Hall–Kier alpha value is -4.71. The smallest absolute Gasteiger partial charge is 0.248 e. The third-order valence-electron chi connectivity index (χ3n) is 5.74. The van der Waals surface area contributed by atoms with Gasteiger partial charge >= 0.3 is 0 Å². The lowest BCUT2D eigenvalue weighted by Crippen LogP contribution is -2.30. The molecule has 0 spiro atoms. The lowest BCUT2D eigenvalue weighted by Gasteiger charge is -2.24. The van der Waals surface area contributed by atoms with Gasteiger partial charge in [-0.2, -0.15) is 20.0 Å². The fraction of sp³-hybridized carbons (Fsp3) is 0.208. The first-order valence-electron chi connectivity index (χ1n) is 11.1. The molecule has 5 aromatic rings. The Bertz CT molecular complexity index is 1590. The van der Waals surface area contributed by atoms with E-state index in [1.54, 1.807) is 16.8 Å². The number of benzene rings is 1. The van der Waals surface area contributed by atoms with E-state index in [1.165, 1.54) is 23.4 Å². The monoisotopic (exact) mass is 485 g/mol. The maximum atomic E-state index is 13.5. The number of hydrogen-bond donors (Lipinski definition) is 3. The number of ketones is 1. The van der Waals surface area contributed by atoms with E-state index in [4.69, 9.17) is 5.73 Å². The molecular formula is C24H23N9O3. The number of nitrogens with one attached hydrogen (secondary N) is 1. The SMILES string of the molecule is CC(C)(CO)n1cc(C(=O)c2cncc(NC(=O)Cn3nc4ccccc4n3)c2)c2cnc(N)nc21. The molecular weight excluding hydrogens is 462 g/mol. The second-order valence-electron chi connectivity index (χ2n) is 8.91. The minimum atomic E-state index is -0.739. The third-order valence-corrected chi connectivity index (χ3v) is 5.74. The van der Waals surface area contributed by atoms with E-state index in [2.05, 4.69) is 30.5 Å². The number of nitrogen functional groups attached to an aromatic ring is 1. The minimum Gasteiger partial charge on any atom is -0.394 e. The molecule has 12 nitrogen and oxygen atoms in total. The first-order valence-corrected chi connectivity index (χ1v) is 11.1. The Kier molecular flexibility index (Phi) is 5.65. The zero-order valence-electron chi connectivity index (χ0n) is 19.6. The molecule has 4 aromatic heterocycles. The van der Waals surface area contributed by atoms with Crippen molar-refractivity contribution in [1.82, 2.24) is 34.5 Å². The number of hydrogen-bond acceptors (Lipinski definition) is 9. The first kappa shape index (κ1) is 23.1. The van der Waals surface area contributed by atoms with Crippen LogP contribution in [0.15, 0.2) is 55.1 Å². The molecule has 0 atom stereocenters. The van der Waals surface area contributed by atoms with Crippen LogP contribution in [0, 0.1) is 0 Å². The fourth-order valence-corrected chi connectivity index (χ4v) is 3.83. The number of nitrogens with zero attached hydrogens (tertiary/aromatic N) is 7. The molecule has 12 heteroatoms. The summed E-state index contributed by atoms with van der Waals surface area (Å²) in [5, 5.41) is 21.6. The number of nitrogens with two attached hydrogens (primary N) is 1. The highest BCUT2D eigenvalue weighted by Gasteiger charge is 2.26. The first-order chi connectivity index (χ1) is 17.2. The van der Waals surface area contributed by atoms with Gasteiger partial charge in [-0.3, -0.25) is 14.6 Å². The van der Waals surface area contributed by atoms with Crippen LogP contribution in [0.4, 0.5) is 11.6 Å². The number of anilines is 2. The number of aliphatic hydroxyl groups excluding tert-OH is 1. The van der Waals surface area contributed by atoms with Crippen molar-refractivity contribution in [1.29, 1.82) is 0 Å². The molecule has 5 rings (SSSR count). The molecule has 4 N–H and O–H groups in total. The number of fused-ring (bicyclic) bond motifs is 2. The van der Waals surface area contributed by atoms with Gasteiger partial charge in [0.05, 0.1) is 29.6 Å². The second kappa shape index (κ2) is 8.82. The molecule has 0 radical (unpaired) electrons. The second-order valence-corrected chi connectivity index (χ2v) is 8.91. The molecule has 0 saturated carbocycles. The zero-order chi connectivity index (χ0) is 25.4. The maximum absolute atomic E-state index is 13.5. The third kappa shape index (κ3) is 4.25. The lowest BCUT2D eigenvalue weighted by atomic mass is 10.1. The van der Waals surface area contributed by atoms with Gasteiger partial charge in [-0.05, 0) is 32.0 Å². The Morgan fingerprint density at radius 2 is 1.83 bits per heavy atom. The minimum absolute atomic E-state index is 0.0560. The summed E-state index contributed by atoms with van der Waals surface area (Å²) in [7, 11) is 0. The molecule has 1 amide bonds. The van der Waals surface area contributed by atoms with Crippen LogP contribution in [-0.4, -0.2) is 57.9 Å². The predicted molar refractivity (Wildman–Crippen MR) is 132 cm³/mol. The van der Waals surface area contributed by atoms with E-state index < -0.39 is 5.54 Å². The molecule has 0 aliphatic carbocycles. The predicted octanol–water partition coefficient (Wildman–Crippen LogP) is 1.75. The lowest BCUT2D eigenvalue weighted by molar-refractivity contribution is -0.117. The Labute approximate surface area is 204 Å². The quantitative estimate of drug-likeness (QED) is 0.291. The Morgan fingerprint density at radius 3 is 2.53 bits per heavy atom. The molecule has 0 bridgehead atoms. The zero-order valence-corrected chi connectivity index (χ0v) is 19.6. The van der Waals surface area contributed by atoms with Crippen molar-refractivity contribution in [2.75, 3.05) is 17.7 Å². The van der Waals surface area contributed by atoms with E-state index in [0.29, 0.717) is 33.3 Å². The summed E-state index contributed by atoms with van der Waals surface area (Å²) in [6.07, 6.45) is 5.97. The van der Waals surface area contributed by atoms with Crippen LogP contribution in [0.3, 0.4) is 0 Å². The van der Waals surface area contributed by atoms with Crippen molar-refractivity contribution in [2.45, 2.75) is 25.9 Å². The van der Waals surface area contributed by atoms with Gasteiger partial charge in [0.15, 0.2) is 5.78 Å². The van der Waals surface area contributed by atoms with Gasteiger partial charge in [0.2, 0.25) is 11.9 Å². The highest BCUT2D eigenvalue weighted by molar-refractivity contribution is 6.16. The number of carbonyl (C=O) groups excluding carboxylic acids is 2. The number of aromatic nitrogens is 7. The van der Waals surface area contributed by atoms with Crippen LogP contribution in [0.25, 0.3) is 22.1 Å². The number of amides is 1. The summed E-state index contributed by atoms with van der Waals surface area (Å²) in [6.45, 7) is 3.34. The van der Waals surface area contributed by atoms with E-state index >= 15 is 0 Å². The summed E-state index contributed by atoms with van der Waals surface area (Å²) in [5.41, 5.74) is 7.77. The molecule has 182 valence electrons. The maximum Gasteiger partial charge on any atom is 0.248 e. The molecule has 0 aliphatic rings. The van der Waals surface area contributed by atoms with E-state index in [-0.39, 0.29) is 36.4 Å². The van der Waals surface area contributed by atoms with Crippen LogP contribution < -0.4 is 11.1 Å². The molecule has 36 heavy (non-hydrogen) atoms. The van der Waals surface area contributed by atoms with Crippen molar-refractivity contribution in [2.24, 2.45) is 0 Å². The van der Waals surface area contributed by atoms with Gasteiger partial charge < -0.3 is 20.7 Å². The van der Waals surface area contributed by atoms with Crippen LogP contribution in [0.2, 0.25) is 0 Å². The van der Waals surface area contributed by atoms with Crippen molar-refractivity contribution >= 4 is 45.4 Å². The molecule has 0 aliphatic heterocycles. The molecule has 0 saturated heterocycles. The topological polar surface area (TPSA) is 167 Å².